The van der Waals surface area contributed by atoms with E-state index in [1.807, 2.05) is 26.8 Å². The van der Waals surface area contributed by atoms with Gasteiger partial charge in [0.2, 0.25) is 5.88 Å². The van der Waals surface area contributed by atoms with Gasteiger partial charge in [0.05, 0.1) is 11.5 Å². The van der Waals surface area contributed by atoms with Gasteiger partial charge in [-0.05, 0) is 70.1 Å². The number of unbranched alkanes of at least 4 members (excludes halogenated alkanes) is 1. The molecule has 194 valence electrons. The van der Waals surface area contributed by atoms with Crippen molar-refractivity contribution >= 4 is 27.5 Å². The fourth-order valence-electron chi connectivity index (χ4n) is 4.31. The number of hydrogen-bond acceptors (Lipinski definition) is 6. The van der Waals surface area contributed by atoms with Crippen molar-refractivity contribution in [3.63, 3.8) is 0 Å². The second kappa shape index (κ2) is 11.9. The molecular weight excluding hydrogens is 480 g/mol. The number of nitrogens with zero attached hydrogens (tertiary/aromatic N) is 2. The van der Waals surface area contributed by atoms with E-state index >= 15 is 0 Å². The standard InChI is InChI=1S/C31H36N2O3S/c1-6-22-16-18-23(19-17-22)26-27-29(35-21(2)12-10-11-15-25(34)36-31(3,4)5)32-20-33-30(27)37-28(26)24-13-8-7-9-14-24/h7-9,13-14,16-21H,6,10-12,15H2,1-5H3/t21-/m1/s1. The molecular formula is C31H36N2O3S. The SMILES string of the molecule is CCc1ccc(-c2c(-c3ccccc3)sc3ncnc(O[C@H](C)CCCCC(=O)OC(C)(C)C)c23)cc1. The molecule has 0 saturated heterocycles. The molecule has 0 N–H and O–H groups in total. The molecule has 0 radical (unpaired) electrons. The molecule has 0 bridgehead atoms. The van der Waals surface area contributed by atoms with Gasteiger partial charge in [-0.3, -0.25) is 4.79 Å². The lowest BCUT2D eigenvalue weighted by molar-refractivity contribution is -0.154. The third-order valence-electron chi connectivity index (χ3n) is 6.11. The zero-order valence-corrected chi connectivity index (χ0v) is 23.2. The summed E-state index contributed by atoms with van der Waals surface area (Å²) in [6.45, 7) is 9.90. The van der Waals surface area contributed by atoms with Crippen molar-refractivity contribution in [3.05, 3.63) is 66.5 Å². The minimum atomic E-state index is -0.445. The number of carbonyl (C=O) groups is 1. The van der Waals surface area contributed by atoms with Crippen LogP contribution in [0.25, 0.3) is 31.8 Å². The van der Waals surface area contributed by atoms with Crippen molar-refractivity contribution in [2.45, 2.75) is 78.4 Å². The highest BCUT2D eigenvalue weighted by Gasteiger charge is 2.22. The highest BCUT2D eigenvalue weighted by Crippen LogP contribution is 2.46. The van der Waals surface area contributed by atoms with Crippen molar-refractivity contribution in [1.29, 1.82) is 0 Å². The molecule has 4 rings (SSSR count). The van der Waals surface area contributed by atoms with E-state index in [9.17, 15) is 4.79 Å². The number of thiophene rings is 1. The molecule has 4 aromatic rings. The first-order valence-electron chi connectivity index (χ1n) is 13.1. The Hall–Kier alpha value is -3.25. The fraction of sp³-hybridized carbons (Fsp3) is 0.387. The first-order chi connectivity index (χ1) is 17.7. The summed E-state index contributed by atoms with van der Waals surface area (Å²) in [4.78, 5) is 23.3. The topological polar surface area (TPSA) is 61.3 Å². The molecule has 2 heterocycles. The molecule has 37 heavy (non-hydrogen) atoms. The van der Waals surface area contributed by atoms with Crippen molar-refractivity contribution < 1.29 is 14.3 Å². The van der Waals surface area contributed by atoms with Crippen LogP contribution in [0, 0.1) is 0 Å². The van der Waals surface area contributed by atoms with E-state index in [0.717, 1.165) is 57.5 Å². The lowest BCUT2D eigenvalue weighted by Gasteiger charge is -2.19. The van der Waals surface area contributed by atoms with Crippen LogP contribution in [0.4, 0.5) is 0 Å². The molecule has 6 heteroatoms. The summed E-state index contributed by atoms with van der Waals surface area (Å²) in [6.07, 6.45) is 5.43. The van der Waals surface area contributed by atoms with Crippen molar-refractivity contribution in [1.82, 2.24) is 9.97 Å². The minimum Gasteiger partial charge on any atom is -0.474 e. The molecule has 0 saturated carbocycles. The van der Waals surface area contributed by atoms with Gasteiger partial charge in [-0.25, -0.2) is 9.97 Å². The van der Waals surface area contributed by atoms with Crippen LogP contribution in [0.3, 0.4) is 0 Å². The normalized spacial score (nSPS) is 12.5. The summed E-state index contributed by atoms with van der Waals surface area (Å²) in [5.74, 6) is 0.460. The summed E-state index contributed by atoms with van der Waals surface area (Å²) in [6, 6.07) is 19.2. The molecule has 0 aliphatic heterocycles. The van der Waals surface area contributed by atoms with Gasteiger partial charge in [-0.2, -0.15) is 0 Å². The van der Waals surface area contributed by atoms with Gasteiger partial charge in [0.1, 0.15) is 16.8 Å². The highest BCUT2D eigenvalue weighted by atomic mass is 32.1. The number of benzene rings is 2. The molecule has 1 atom stereocenters. The number of esters is 1. The van der Waals surface area contributed by atoms with Crippen molar-refractivity contribution in [2.24, 2.45) is 0 Å². The third kappa shape index (κ3) is 6.95. The van der Waals surface area contributed by atoms with E-state index < -0.39 is 5.60 Å². The smallest absolute Gasteiger partial charge is 0.306 e. The van der Waals surface area contributed by atoms with Crippen LogP contribution in [0.1, 0.15) is 65.9 Å². The summed E-state index contributed by atoms with van der Waals surface area (Å²) in [5, 5.41) is 0.955. The summed E-state index contributed by atoms with van der Waals surface area (Å²) < 4.78 is 11.8. The van der Waals surface area contributed by atoms with Gasteiger partial charge in [-0.15, -0.1) is 11.3 Å². The Balaban J connectivity index is 1.58. The lowest BCUT2D eigenvalue weighted by atomic mass is 9.98. The number of fused-ring (bicyclic) bond motifs is 1. The largest absolute Gasteiger partial charge is 0.474 e. The molecule has 0 fully saturated rings. The Kier molecular flexibility index (Phi) is 8.59. The molecule has 0 aliphatic rings. The first-order valence-corrected chi connectivity index (χ1v) is 13.9. The molecule has 0 spiro atoms. The van der Waals surface area contributed by atoms with E-state index in [1.54, 1.807) is 17.7 Å². The van der Waals surface area contributed by atoms with Gasteiger partial charge >= 0.3 is 5.97 Å². The highest BCUT2D eigenvalue weighted by molar-refractivity contribution is 7.22. The Morgan fingerprint density at radius 3 is 2.38 bits per heavy atom. The Labute approximate surface area is 223 Å². The molecule has 0 aliphatic carbocycles. The van der Waals surface area contributed by atoms with Crippen LogP contribution in [0.5, 0.6) is 5.88 Å². The summed E-state index contributed by atoms with van der Waals surface area (Å²) in [7, 11) is 0. The predicted molar refractivity (Wildman–Crippen MR) is 152 cm³/mol. The number of carbonyl (C=O) groups excluding carboxylic acids is 1. The number of rotatable bonds is 10. The summed E-state index contributed by atoms with van der Waals surface area (Å²) in [5.41, 5.74) is 4.26. The van der Waals surface area contributed by atoms with Crippen LogP contribution in [0.15, 0.2) is 60.9 Å². The molecule has 0 amide bonds. The zero-order chi connectivity index (χ0) is 26.4. The van der Waals surface area contributed by atoms with Crippen LogP contribution in [-0.4, -0.2) is 27.6 Å². The zero-order valence-electron chi connectivity index (χ0n) is 22.4. The molecule has 2 aromatic heterocycles. The number of ether oxygens (including phenoxy) is 2. The third-order valence-corrected chi connectivity index (χ3v) is 7.26. The monoisotopic (exact) mass is 516 g/mol. The molecule has 2 aromatic carbocycles. The van der Waals surface area contributed by atoms with E-state index in [4.69, 9.17) is 9.47 Å². The Morgan fingerprint density at radius 1 is 0.973 bits per heavy atom. The quantitative estimate of drug-likeness (QED) is 0.157. The molecule has 0 unspecified atom stereocenters. The van der Waals surface area contributed by atoms with Crippen LogP contribution in [-0.2, 0) is 16.0 Å². The fourth-order valence-corrected chi connectivity index (χ4v) is 5.48. The van der Waals surface area contributed by atoms with Crippen LogP contribution < -0.4 is 4.74 Å². The Morgan fingerprint density at radius 2 is 1.70 bits per heavy atom. The minimum absolute atomic E-state index is 0.0490. The molecule has 5 nitrogen and oxygen atoms in total. The van der Waals surface area contributed by atoms with Crippen molar-refractivity contribution in [3.8, 4) is 27.4 Å². The van der Waals surface area contributed by atoms with Gasteiger partial charge in [0, 0.05) is 16.9 Å². The van der Waals surface area contributed by atoms with E-state index in [-0.39, 0.29) is 12.1 Å². The first kappa shape index (κ1) is 26.8. The second-order valence-electron chi connectivity index (χ2n) is 10.3. The van der Waals surface area contributed by atoms with Gasteiger partial charge in [0.25, 0.3) is 0 Å². The van der Waals surface area contributed by atoms with E-state index in [2.05, 4.69) is 72.3 Å². The Bertz CT molecular complexity index is 1320. The predicted octanol–water partition coefficient (Wildman–Crippen LogP) is 8.26. The average Bonchev–Trinajstić information content (AvgIpc) is 3.27. The maximum Gasteiger partial charge on any atom is 0.306 e. The van der Waals surface area contributed by atoms with Crippen LogP contribution in [0.2, 0.25) is 0 Å². The lowest BCUT2D eigenvalue weighted by Crippen LogP contribution is -2.23. The average molecular weight is 517 g/mol. The van der Waals surface area contributed by atoms with E-state index in [1.165, 1.54) is 5.56 Å². The second-order valence-corrected chi connectivity index (χ2v) is 11.3. The summed E-state index contributed by atoms with van der Waals surface area (Å²) >= 11 is 1.67. The maximum atomic E-state index is 12.0. The van der Waals surface area contributed by atoms with Crippen molar-refractivity contribution in [2.75, 3.05) is 0 Å². The number of aryl methyl sites for hydroxylation is 1. The maximum absolute atomic E-state index is 12.0. The van der Waals surface area contributed by atoms with Gasteiger partial charge < -0.3 is 9.47 Å². The number of hydrogen-bond donors (Lipinski definition) is 0. The van der Waals surface area contributed by atoms with E-state index in [0.29, 0.717) is 12.3 Å². The van der Waals surface area contributed by atoms with Gasteiger partial charge in [0.15, 0.2) is 0 Å². The van der Waals surface area contributed by atoms with Crippen LogP contribution >= 0.6 is 11.3 Å². The van der Waals surface area contributed by atoms with Gasteiger partial charge in [-0.1, -0.05) is 61.5 Å². The number of aromatic nitrogens is 2.